The van der Waals surface area contributed by atoms with Crippen LogP contribution in [0.2, 0.25) is 5.02 Å². The van der Waals surface area contributed by atoms with Gasteiger partial charge in [0, 0.05) is 16.2 Å². The fourth-order valence-corrected chi connectivity index (χ4v) is 2.86. The molecule has 6 heteroatoms. The molecular formula is C11H10BClO3S. The molecule has 0 aromatic heterocycles. The van der Waals surface area contributed by atoms with Crippen LogP contribution in [0, 0.1) is 0 Å². The van der Waals surface area contributed by atoms with E-state index >= 15 is 0 Å². The molecular weight excluding hydrogens is 258 g/mol. The minimum Gasteiger partial charge on any atom is -0.423 e. The lowest BCUT2D eigenvalue weighted by molar-refractivity contribution is 0.426. The van der Waals surface area contributed by atoms with Crippen LogP contribution < -0.4 is 5.46 Å². The number of benzene rings is 2. The highest BCUT2D eigenvalue weighted by atomic mass is 35.5. The molecule has 0 aliphatic heterocycles. The van der Waals surface area contributed by atoms with Crippen molar-refractivity contribution in [3.05, 3.63) is 35.4 Å². The molecule has 0 radical (unpaired) electrons. The predicted octanol–water partition coefficient (Wildman–Crippen LogP) is 0.910. The average molecular weight is 269 g/mol. The zero-order valence-corrected chi connectivity index (χ0v) is 10.6. The largest absolute Gasteiger partial charge is 0.489 e. The Morgan fingerprint density at radius 3 is 2.59 bits per heavy atom. The summed E-state index contributed by atoms with van der Waals surface area (Å²) in [5.74, 6) is 0. The van der Waals surface area contributed by atoms with Gasteiger partial charge in [0.2, 0.25) is 0 Å². The van der Waals surface area contributed by atoms with Crippen LogP contribution in [-0.4, -0.2) is 27.6 Å². The van der Waals surface area contributed by atoms with Crippen molar-refractivity contribution in [2.45, 2.75) is 4.90 Å². The summed E-state index contributed by atoms with van der Waals surface area (Å²) in [4.78, 5) is 0.572. The average Bonchev–Trinajstić information content (AvgIpc) is 2.26. The third-order valence-corrected chi connectivity index (χ3v) is 3.70. The van der Waals surface area contributed by atoms with E-state index < -0.39 is 17.9 Å². The molecule has 1 unspecified atom stereocenters. The zero-order valence-electron chi connectivity index (χ0n) is 9.05. The van der Waals surface area contributed by atoms with E-state index in [1.165, 1.54) is 6.07 Å². The Kier molecular flexibility index (Phi) is 3.54. The monoisotopic (exact) mass is 268 g/mol. The highest BCUT2D eigenvalue weighted by Crippen LogP contribution is 2.23. The van der Waals surface area contributed by atoms with Gasteiger partial charge in [-0.1, -0.05) is 23.7 Å². The highest BCUT2D eigenvalue weighted by molar-refractivity contribution is 7.84. The van der Waals surface area contributed by atoms with Gasteiger partial charge in [0.1, 0.15) is 0 Å². The fraction of sp³-hybridized carbons (Fsp3) is 0.0909. The van der Waals surface area contributed by atoms with Gasteiger partial charge < -0.3 is 10.0 Å². The van der Waals surface area contributed by atoms with Crippen LogP contribution >= 0.6 is 11.6 Å². The lowest BCUT2D eigenvalue weighted by atomic mass is 9.77. The van der Waals surface area contributed by atoms with Crippen molar-refractivity contribution in [2.75, 3.05) is 6.26 Å². The Balaban J connectivity index is 2.91. The molecule has 0 amide bonds. The van der Waals surface area contributed by atoms with E-state index in [0.29, 0.717) is 15.3 Å². The van der Waals surface area contributed by atoms with Crippen LogP contribution in [0.3, 0.4) is 0 Å². The zero-order chi connectivity index (χ0) is 12.6. The molecule has 2 rings (SSSR count). The second-order valence-electron chi connectivity index (χ2n) is 3.68. The van der Waals surface area contributed by atoms with Crippen LogP contribution in [-0.2, 0) is 10.8 Å². The van der Waals surface area contributed by atoms with Gasteiger partial charge in [-0.05, 0) is 34.4 Å². The van der Waals surface area contributed by atoms with Gasteiger partial charge in [-0.25, -0.2) is 0 Å². The van der Waals surface area contributed by atoms with E-state index in [-0.39, 0.29) is 5.46 Å². The first-order chi connectivity index (χ1) is 8.00. The molecule has 2 aromatic rings. The molecule has 0 spiro atoms. The highest BCUT2D eigenvalue weighted by Gasteiger charge is 2.19. The Hall–Kier alpha value is -0.875. The smallest absolute Gasteiger partial charge is 0.423 e. The van der Waals surface area contributed by atoms with Gasteiger partial charge in [-0.3, -0.25) is 4.21 Å². The van der Waals surface area contributed by atoms with Gasteiger partial charge in [-0.2, -0.15) is 0 Å². The molecule has 3 nitrogen and oxygen atoms in total. The van der Waals surface area contributed by atoms with Gasteiger partial charge in [0.15, 0.2) is 0 Å². The van der Waals surface area contributed by atoms with E-state index in [4.69, 9.17) is 11.6 Å². The van der Waals surface area contributed by atoms with Crippen molar-refractivity contribution in [3.63, 3.8) is 0 Å². The van der Waals surface area contributed by atoms with Gasteiger partial charge in [0.25, 0.3) is 0 Å². The maximum atomic E-state index is 11.6. The molecule has 88 valence electrons. The summed E-state index contributed by atoms with van der Waals surface area (Å²) in [6.45, 7) is 0. The molecule has 0 aliphatic carbocycles. The van der Waals surface area contributed by atoms with E-state index in [1.807, 2.05) is 0 Å². The standard InChI is InChI=1S/C11H10BClO3S/c1-17(16)10-4-2-3-7-5-8(13)6-9(11(7)10)12(14)15/h2-6,14-15H,1H3. The van der Waals surface area contributed by atoms with Crippen LogP contribution in [0.15, 0.2) is 35.2 Å². The number of rotatable bonds is 2. The summed E-state index contributed by atoms with van der Waals surface area (Å²) in [6.07, 6.45) is 1.55. The Bertz CT molecular complexity index is 601. The van der Waals surface area contributed by atoms with E-state index in [2.05, 4.69) is 0 Å². The quantitative estimate of drug-likeness (QED) is 0.796. The third-order valence-electron chi connectivity index (χ3n) is 2.52. The molecule has 0 saturated carbocycles. The molecule has 0 saturated heterocycles. The molecule has 0 aliphatic rings. The minimum atomic E-state index is -1.64. The van der Waals surface area contributed by atoms with E-state index in [9.17, 15) is 14.3 Å². The summed E-state index contributed by atoms with van der Waals surface area (Å²) in [5.41, 5.74) is 0.276. The predicted molar refractivity (Wildman–Crippen MR) is 71.1 cm³/mol. The van der Waals surface area contributed by atoms with Crippen molar-refractivity contribution in [1.29, 1.82) is 0 Å². The lowest BCUT2D eigenvalue weighted by Crippen LogP contribution is -2.31. The lowest BCUT2D eigenvalue weighted by Gasteiger charge is -2.10. The Morgan fingerprint density at radius 2 is 2.00 bits per heavy atom. The maximum Gasteiger partial charge on any atom is 0.489 e. The van der Waals surface area contributed by atoms with Gasteiger partial charge >= 0.3 is 7.12 Å². The maximum absolute atomic E-state index is 11.6. The first-order valence-electron chi connectivity index (χ1n) is 4.92. The minimum absolute atomic E-state index is 0.276. The second kappa shape index (κ2) is 4.78. The van der Waals surface area contributed by atoms with Crippen LogP contribution in [0.25, 0.3) is 10.8 Å². The summed E-state index contributed by atoms with van der Waals surface area (Å²) in [6, 6.07) is 8.45. The first-order valence-corrected chi connectivity index (χ1v) is 6.86. The van der Waals surface area contributed by atoms with Crippen molar-refractivity contribution in [1.82, 2.24) is 0 Å². The molecule has 0 fully saturated rings. The normalized spacial score (nSPS) is 12.7. The number of fused-ring (bicyclic) bond motifs is 1. The molecule has 0 bridgehead atoms. The van der Waals surface area contributed by atoms with Crippen LogP contribution in [0.4, 0.5) is 0 Å². The molecule has 2 aromatic carbocycles. The fourth-order valence-electron chi connectivity index (χ4n) is 1.83. The molecule has 1 atom stereocenters. The van der Waals surface area contributed by atoms with Crippen molar-refractivity contribution in [2.24, 2.45) is 0 Å². The van der Waals surface area contributed by atoms with Crippen LogP contribution in [0.1, 0.15) is 0 Å². The SMILES string of the molecule is CS(=O)c1cccc2cc(Cl)cc(B(O)O)c12. The van der Waals surface area contributed by atoms with Crippen molar-refractivity contribution in [3.8, 4) is 0 Å². The summed E-state index contributed by atoms with van der Waals surface area (Å²) in [7, 11) is -2.84. The summed E-state index contributed by atoms with van der Waals surface area (Å²) >= 11 is 5.90. The van der Waals surface area contributed by atoms with E-state index in [1.54, 1.807) is 30.5 Å². The molecule has 2 N–H and O–H groups in total. The van der Waals surface area contributed by atoms with Gasteiger partial charge in [-0.15, -0.1) is 0 Å². The number of halogens is 1. The third kappa shape index (κ3) is 2.37. The second-order valence-corrected chi connectivity index (χ2v) is 5.46. The van der Waals surface area contributed by atoms with E-state index in [0.717, 1.165) is 5.39 Å². The first kappa shape index (κ1) is 12.6. The topological polar surface area (TPSA) is 57.5 Å². The molecule has 0 heterocycles. The summed E-state index contributed by atoms with van der Waals surface area (Å²) < 4.78 is 11.6. The Morgan fingerprint density at radius 1 is 1.29 bits per heavy atom. The number of hydrogen-bond donors (Lipinski definition) is 2. The van der Waals surface area contributed by atoms with Crippen molar-refractivity contribution >= 4 is 45.8 Å². The molecule has 17 heavy (non-hydrogen) atoms. The van der Waals surface area contributed by atoms with Gasteiger partial charge in [0.05, 0.1) is 10.8 Å². The van der Waals surface area contributed by atoms with Crippen molar-refractivity contribution < 1.29 is 14.3 Å². The number of hydrogen-bond acceptors (Lipinski definition) is 3. The summed E-state index contributed by atoms with van der Waals surface area (Å²) in [5, 5.41) is 20.5. The Labute approximate surface area is 107 Å². The van der Waals surface area contributed by atoms with Crippen LogP contribution in [0.5, 0.6) is 0 Å².